The first-order valence-corrected chi connectivity index (χ1v) is 4.65. The Morgan fingerprint density at radius 3 is 2.62 bits per heavy atom. The predicted molar refractivity (Wildman–Crippen MR) is 58.9 cm³/mol. The molecule has 1 aromatic carbocycles. The first-order chi connectivity index (χ1) is 7.85. The van der Waals surface area contributed by atoms with E-state index in [0.717, 1.165) is 11.0 Å². The second kappa shape index (κ2) is 4.46. The number of methoxy groups -OCH3 is 1. The van der Waals surface area contributed by atoms with E-state index in [0.29, 0.717) is 11.6 Å². The molecule has 0 fully saturated rings. The Morgan fingerprint density at radius 1 is 1.31 bits per heavy atom. The maximum Gasteiger partial charge on any atom is 0.236 e. The molecule has 0 amide bonds. The van der Waals surface area contributed by atoms with Crippen molar-refractivity contribution in [1.82, 2.24) is 9.97 Å². The van der Waals surface area contributed by atoms with Gasteiger partial charge in [0.15, 0.2) is 0 Å². The Morgan fingerprint density at radius 2 is 2.00 bits per heavy atom. The van der Waals surface area contributed by atoms with E-state index in [2.05, 4.69) is 20.0 Å². The molecule has 0 spiro atoms. The Balaban J connectivity index is 2.57. The number of hydrogen-bond donors (Lipinski definition) is 0. The minimum Gasteiger partial charge on any atom is -0.480 e. The molecule has 0 atom stereocenters. The van der Waals surface area contributed by atoms with E-state index in [1.807, 2.05) is 24.3 Å². The summed E-state index contributed by atoms with van der Waals surface area (Å²) in [6.45, 7) is 0.136. The normalized spacial score (nSPS) is 9.81. The number of azide groups is 1. The summed E-state index contributed by atoms with van der Waals surface area (Å²) in [5, 5.41) is 3.46. The molecule has 2 rings (SSSR count). The van der Waals surface area contributed by atoms with Gasteiger partial charge in [0.2, 0.25) is 5.88 Å². The van der Waals surface area contributed by atoms with E-state index < -0.39 is 0 Å². The Kier molecular flexibility index (Phi) is 2.84. The van der Waals surface area contributed by atoms with Gasteiger partial charge in [-0.2, -0.15) is 0 Å². The first kappa shape index (κ1) is 10.2. The van der Waals surface area contributed by atoms with Crippen LogP contribution in [0, 0.1) is 0 Å². The second-order valence-electron chi connectivity index (χ2n) is 3.06. The fourth-order valence-electron chi connectivity index (χ4n) is 1.39. The van der Waals surface area contributed by atoms with Crippen molar-refractivity contribution >= 4 is 11.0 Å². The highest BCUT2D eigenvalue weighted by molar-refractivity contribution is 5.74. The molecule has 16 heavy (non-hydrogen) atoms. The molecule has 0 unspecified atom stereocenters. The molecule has 0 saturated heterocycles. The molecule has 2 aromatic rings. The fraction of sp³-hybridized carbons (Fsp3) is 0.200. The van der Waals surface area contributed by atoms with E-state index in [-0.39, 0.29) is 6.54 Å². The molecule has 0 aliphatic carbocycles. The van der Waals surface area contributed by atoms with Crippen LogP contribution in [-0.4, -0.2) is 17.1 Å². The summed E-state index contributed by atoms with van der Waals surface area (Å²) in [5.74, 6) is 0.395. The highest BCUT2D eigenvalue weighted by Crippen LogP contribution is 2.18. The number of rotatable bonds is 3. The van der Waals surface area contributed by atoms with E-state index in [4.69, 9.17) is 10.3 Å². The fourth-order valence-corrected chi connectivity index (χ4v) is 1.39. The Hall–Kier alpha value is -2.33. The molecule has 0 radical (unpaired) electrons. The van der Waals surface area contributed by atoms with Gasteiger partial charge in [-0.25, -0.2) is 9.97 Å². The topological polar surface area (TPSA) is 83.8 Å². The van der Waals surface area contributed by atoms with Gasteiger partial charge in [-0.15, -0.1) is 0 Å². The lowest BCUT2D eigenvalue weighted by Gasteiger charge is -2.05. The lowest BCUT2D eigenvalue weighted by atomic mass is 10.3. The summed E-state index contributed by atoms with van der Waals surface area (Å²) in [7, 11) is 1.51. The van der Waals surface area contributed by atoms with Crippen LogP contribution in [0.2, 0.25) is 0 Å². The van der Waals surface area contributed by atoms with Crippen molar-refractivity contribution in [1.29, 1.82) is 0 Å². The van der Waals surface area contributed by atoms with Crippen molar-refractivity contribution in [3.63, 3.8) is 0 Å². The Labute approximate surface area is 91.5 Å². The van der Waals surface area contributed by atoms with Crippen LogP contribution < -0.4 is 4.74 Å². The van der Waals surface area contributed by atoms with Gasteiger partial charge in [0.1, 0.15) is 5.69 Å². The number of fused-ring (bicyclic) bond motifs is 1. The van der Waals surface area contributed by atoms with Gasteiger partial charge in [0, 0.05) is 4.91 Å². The number of hydrogen-bond acceptors (Lipinski definition) is 4. The number of para-hydroxylation sites is 2. The lowest BCUT2D eigenvalue weighted by molar-refractivity contribution is 0.391. The van der Waals surface area contributed by atoms with Crippen molar-refractivity contribution in [2.24, 2.45) is 5.11 Å². The minimum absolute atomic E-state index is 0.136. The summed E-state index contributed by atoms with van der Waals surface area (Å²) in [6.07, 6.45) is 0. The van der Waals surface area contributed by atoms with Crippen LogP contribution in [0.1, 0.15) is 5.69 Å². The van der Waals surface area contributed by atoms with Gasteiger partial charge >= 0.3 is 0 Å². The highest BCUT2D eigenvalue weighted by atomic mass is 16.5. The summed E-state index contributed by atoms with van der Waals surface area (Å²) >= 11 is 0. The standard InChI is InChI=1S/C10H9N5O/c1-16-10-9(6-12-15-11)13-7-4-2-3-5-8(7)14-10/h2-5H,6H2,1H3. The Bertz CT molecular complexity index is 562. The van der Waals surface area contributed by atoms with E-state index >= 15 is 0 Å². The molecule has 80 valence electrons. The van der Waals surface area contributed by atoms with Crippen LogP contribution in [0.15, 0.2) is 29.4 Å². The third-order valence-electron chi connectivity index (χ3n) is 2.08. The minimum atomic E-state index is 0.136. The molecule has 0 aliphatic heterocycles. The number of nitrogens with zero attached hydrogens (tertiary/aromatic N) is 5. The van der Waals surface area contributed by atoms with Crippen molar-refractivity contribution in [2.45, 2.75) is 6.54 Å². The largest absolute Gasteiger partial charge is 0.480 e. The zero-order chi connectivity index (χ0) is 11.4. The van der Waals surface area contributed by atoms with Crippen LogP contribution in [-0.2, 0) is 6.54 Å². The van der Waals surface area contributed by atoms with Crippen LogP contribution in [0.4, 0.5) is 0 Å². The smallest absolute Gasteiger partial charge is 0.236 e. The molecule has 6 nitrogen and oxygen atoms in total. The predicted octanol–water partition coefficient (Wildman–Crippen LogP) is 2.45. The zero-order valence-electron chi connectivity index (χ0n) is 8.66. The summed E-state index contributed by atoms with van der Waals surface area (Å²) in [6, 6.07) is 7.45. The molecule has 0 N–H and O–H groups in total. The van der Waals surface area contributed by atoms with Crippen LogP contribution in [0.3, 0.4) is 0 Å². The van der Waals surface area contributed by atoms with Gasteiger partial charge in [-0.05, 0) is 17.7 Å². The monoisotopic (exact) mass is 215 g/mol. The third-order valence-corrected chi connectivity index (χ3v) is 2.08. The average Bonchev–Trinajstić information content (AvgIpc) is 2.35. The van der Waals surface area contributed by atoms with Crippen molar-refractivity contribution in [2.75, 3.05) is 7.11 Å². The molecule has 0 aliphatic rings. The van der Waals surface area contributed by atoms with Gasteiger partial charge in [0.05, 0.1) is 24.7 Å². The molecular formula is C10H9N5O. The third kappa shape index (κ3) is 1.87. The van der Waals surface area contributed by atoms with Crippen LogP contribution in [0.25, 0.3) is 21.5 Å². The zero-order valence-corrected chi connectivity index (χ0v) is 8.66. The van der Waals surface area contributed by atoms with Gasteiger partial charge in [-0.1, -0.05) is 17.2 Å². The summed E-state index contributed by atoms with van der Waals surface area (Å²) in [5.41, 5.74) is 10.3. The average molecular weight is 215 g/mol. The highest BCUT2D eigenvalue weighted by Gasteiger charge is 2.07. The SMILES string of the molecule is COc1nc2ccccc2nc1CN=[N+]=[N-]. The molecule has 1 aromatic heterocycles. The molecule has 0 bridgehead atoms. The number of ether oxygens (including phenoxy) is 1. The summed E-state index contributed by atoms with van der Waals surface area (Å²) in [4.78, 5) is 11.3. The number of benzene rings is 1. The maximum atomic E-state index is 8.27. The van der Waals surface area contributed by atoms with E-state index in [9.17, 15) is 0 Å². The quantitative estimate of drug-likeness (QED) is 0.447. The van der Waals surface area contributed by atoms with Crippen molar-refractivity contribution < 1.29 is 4.74 Å². The second-order valence-corrected chi connectivity index (χ2v) is 3.06. The molecular weight excluding hydrogens is 206 g/mol. The molecule has 6 heteroatoms. The van der Waals surface area contributed by atoms with Crippen LogP contribution >= 0.6 is 0 Å². The van der Waals surface area contributed by atoms with E-state index in [1.165, 1.54) is 7.11 Å². The van der Waals surface area contributed by atoms with Crippen LogP contribution in [0.5, 0.6) is 5.88 Å². The van der Waals surface area contributed by atoms with Crippen molar-refractivity contribution in [3.8, 4) is 5.88 Å². The summed E-state index contributed by atoms with van der Waals surface area (Å²) < 4.78 is 5.09. The number of aromatic nitrogens is 2. The molecule has 1 heterocycles. The maximum absolute atomic E-state index is 8.27. The van der Waals surface area contributed by atoms with Gasteiger partial charge in [-0.3, -0.25) is 0 Å². The lowest BCUT2D eigenvalue weighted by Crippen LogP contribution is -1.98. The molecule has 0 saturated carbocycles. The van der Waals surface area contributed by atoms with Crippen molar-refractivity contribution in [3.05, 3.63) is 40.4 Å². The first-order valence-electron chi connectivity index (χ1n) is 4.65. The van der Waals surface area contributed by atoms with E-state index in [1.54, 1.807) is 0 Å². The van der Waals surface area contributed by atoms with Gasteiger partial charge < -0.3 is 4.74 Å². The van der Waals surface area contributed by atoms with Gasteiger partial charge in [0.25, 0.3) is 0 Å².